The summed E-state index contributed by atoms with van der Waals surface area (Å²) in [5.74, 6) is 0. The average molecular weight is 386 g/mol. The van der Waals surface area contributed by atoms with E-state index in [-0.39, 0.29) is 0 Å². The first-order valence-electron chi connectivity index (χ1n) is 7.77. The number of hydrogen-bond donors (Lipinski definition) is 1. The number of benzene rings is 1. The van der Waals surface area contributed by atoms with Crippen molar-refractivity contribution in [2.75, 3.05) is 4.72 Å². The van der Waals surface area contributed by atoms with Crippen molar-refractivity contribution in [1.82, 2.24) is 9.78 Å². The predicted octanol–water partition coefficient (Wildman–Crippen LogP) is 3.24. The molecular formula is C15H18ClN4O2S2-. The van der Waals surface area contributed by atoms with Gasteiger partial charge < -0.3 is 9.27 Å². The summed E-state index contributed by atoms with van der Waals surface area (Å²) in [7, 11) is 1.88. The zero-order valence-corrected chi connectivity index (χ0v) is 15.6. The lowest BCUT2D eigenvalue weighted by Gasteiger charge is -2.16. The van der Waals surface area contributed by atoms with Gasteiger partial charge >= 0.3 is 0 Å². The van der Waals surface area contributed by atoms with Gasteiger partial charge in [-0.05, 0) is 25.0 Å². The van der Waals surface area contributed by atoms with Crippen molar-refractivity contribution in [3.8, 4) is 10.6 Å². The smallest absolute Gasteiger partial charge is 0.203 e. The molecule has 1 saturated carbocycles. The molecule has 1 aliphatic carbocycles. The molecule has 1 aromatic heterocycles. The Morgan fingerprint density at radius 2 is 2.17 bits per heavy atom. The molecule has 1 atom stereocenters. The monoisotopic (exact) mass is 385 g/mol. The van der Waals surface area contributed by atoms with E-state index < -0.39 is 11.3 Å². The van der Waals surface area contributed by atoms with Gasteiger partial charge in [0.2, 0.25) is 4.80 Å². The number of nitrogens with one attached hydrogen (secondary N) is 1. The Balaban J connectivity index is 1.91. The van der Waals surface area contributed by atoms with Crippen molar-refractivity contribution in [1.29, 1.82) is 0 Å². The summed E-state index contributed by atoms with van der Waals surface area (Å²) < 4.78 is 25.8. The molecule has 0 spiro atoms. The van der Waals surface area contributed by atoms with E-state index in [2.05, 4.69) is 9.82 Å². The van der Waals surface area contributed by atoms with Crippen molar-refractivity contribution in [2.24, 2.45) is 12.0 Å². The van der Waals surface area contributed by atoms with Crippen LogP contribution in [0.3, 0.4) is 0 Å². The zero-order chi connectivity index (χ0) is 17.1. The molecule has 2 aromatic rings. The summed E-state index contributed by atoms with van der Waals surface area (Å²) in [5, 5.41) is 5.64. The molecule has 0 amide bonds. The third kappa shape index (κ3) is 4.24. The summed E-state index contributed by atoms with van der Waals surface area (Å²) in [5.41, 5.74) is 1.14. The highest BCUT2D eigenvalue weighted by molar-refractivity contribution is 7.80. The number of nitrogens with zero attached hydrogens (tertiary/aromatic N) is 3. The number of aromatic nitrogens is 2. The summed E-state index contributed by atoms with van der Waals surface area (Å²) in [6.45, 7) is 0. The Morgan fingerprint density at radius 1 is 1.42 bits per heavy atom. The quantitative estimate of drug-likeness (QED) is 0.820. The minimum atomic E-state index is -2.42. The Hall–Kier alpha value is -1.22. The highest BCUT2D eigenvalue weighted by Crippen LogP contribution is 2.29. The minimum Gasteiger partial charge on any atom is -0.755 e. The largest absolute Gasteiger partial charge is 0.755 e. The van der Waals surface area contributed by atoms with Crippen LogP contribution in [0.4, 0.5) is 5.69 Å². The first kappa shape index (κ1) is 17.6. The first-order chi connectivity index (χ1) is 11.5. The number of anilines is 1. The van der Waals surface area contributed by atoms with Gasteiger partial charge in [0.05, 0.1) is 16.8 Å². The van der Waals surface area contributed by atoms with Crippen LogP contribution in [-0.2, 0) is 18.3 Å². The fraction of sp³-hybridized carbons (Fsp3) is 0.467. The van der Waals surface area contributed by atoms with Crippen molar-refractivity contribution in [3.05, 3.63) is 28.0 Å². The number of rotatable bonds is 4. The summed E-state index contributed by atoms with van der Waals surface area (Å²) >= 11 is 5.10. The fourth-order valence-electron chi connectivity index (χ4n) is 2.77. The third-order valence-corrected chi connectivity index (χ3v) is 5.76. The van der Waals surface area contributed by atoms with Gasteiger partial charge in [0.1, 0.15) is 5.01 Å². The Labute approximate surface area is 152 Å². The molecule has 1 aliphatic rings. The third-order valence-electron chi connectivity index (χ3n) is 3.98. The molecule has 6 nitrogen and oxygen atoms in total. The van der Waals surface area contributed by atoms with E-state index in [1.807, 2.05) is 13.1 Å². The summed E-state index contributed by atoms with van der Waals surface area (Å²) in [6, 6.07) is 5.54. The van der Waals surface area contributed by atoms with Crippen LogP contribution >= 0.6 is 22.9 Å². The van der Waals surface area contributed by atoms with Gasteiger partial charge in [0.25, 0.3) is 0 Å². The fourth-order valence-corrected chi connectivity index (χ4v) is 4.30. The maximum Gasteiger partial charge on any atom is 0.203 e. The van der Waals surface area contributed by atoms with E-state index in [9.17, 15) is 8.76 Å². The molecule has 3 rings (SSSR count). The highest BCUT2D eigenvalue weighted by Gasteiger charge is 2.13. The van der Waals surface area contributed by atoms with Gasteiger partial charge in [-0.15, -0.1) is 0 Å². The van der Waals surface area contributed by atoms with E-state index in [0.29, 0.717) is 16.8 Å². The molecule has 0 aliphatic heterocycles. The van der Waals surface area contributed by atoms with E-state index in [1.54, 1.807) is 16.8 Å². The molecule has 1 aromatic carbocycles. The Kier molecular flexibility index (Phi) is 5.70. The average Bonchev–Trinajstić information content (AvgIpc) is 2.91. The van der Waals surface area contributed by atoms with Crippen LogP contribution < -0.4 is 9.52 Å². The molecular weight excluding hydrogens is 368 g/mol. The van der Waals surface area contributed by atoms with E-state index in [0.717, 1.165) is 28.2 Å². The predicted molar refractivity (Wildman–Crippen MR) is 96.5 cm³/mol. The lowest BCUT2D eigenvalue weighted by atomic mass is 9.96. The molecule has 0 saturated heterocycles. The molecule has 130 valence electrons. The van der Waals surface area contributed by atoms with E-state index in [1.165, 1.54) is 30.6 Å². The second-order valence-electron chi connectivity index (χ2n) is 5.77. The molecule has 1 N–H and O–H groups in total. The van der Waals surface area contributed by atoms with Crippen LogP contribution in [0.25, 0.3) is 10.6 Å². The van der Waals surface area contributed by atoms with Crippen LogP contribution in [0.1, 0.15) is 32.1 Å². The van der Waals surface area contributed by atoms with E-state index >= 15 is 0 Å². The van der Waals surface area contributed by atoms with Gasteiger partial charge in [0.15, 0.2) is 0 Å². The normalized spacial score (nSPS) is 17.9. The SMILES string of the molecule is Cn1nc(-c2ccc(Cl)c(NS(=O)[O-])c2)sc1=NC1CCCCC1. The van der Waals surface area contributed by atoms with Crippen LogP contribution in [-0.4, -0.2) is 24.6 Å². The lowest BCUT2D eigenvalue weighted by molar-refractivity contribution is 0.434. The second-order valence-corrected chi connectivity index (χ2v) is 7.80. The van der Waals surface area contributed by atoms with Crippen LogP contribution in [0.15, 0.2) is 23.2 Å². The molecule has 9 heteroatoms. The molecule has 1 heterocycles. The van der Waals surface area contributed by atoms with Crippen molar-refractivity contribution < 1.29 is 8.76 Å². The number of halogens is 1. The van der Waals surface area contributed by atoms with Crippen LogP contribution in [0.2, 0.25) is 5.02 Å². The molecule has 24 heavy (non-hydrogen) atoms. The molecule has 1 unspecified atom stereocenters. The first-order valence-corrected chi connectivity index (χ1v) is 10.0. The topological polar surface area (TPSA) is 82.3 Å². The Morgan fingerprint density at radius 3 is 2.88 bits per heavy atom. The molecule has 0 bridgehead atoms. The van der Waals surface area contributed by atoms with Crippen LogP contribution in [0, 0.1) is 0 Å². The van der Waals surface area contributed by atoms with Gasteiger partial charge in [0, 0.05) is 23.9 Å². The second kappa shape index (κ2) is 7.77. The number of aryl methyl sites for hydroxylation is 1. The van der Waals surface area contributed by atoms with Gasteiger partial charge in [-0.3, -0.25) is 9.20 Å². The maximum atomic E-state index is 10.8. The zero-order valence-electron chi connectivity index (χ0n) is 13.2. The van der Waals surface area contributed by atoms with Gasteiger partial charge in [-0.1, -0.05) is 48.3 Å². The highest BCUT2D eigenvalue weighted by atomic mass is 35.5. The van der Waals surface area contributed by atoms with Gasteiger partial charge in [-0.25, -0.2) is 4.68 Å². The minimum absolute atomic E-state index is 0.339. The van der Waals surface area contributed by atoms with Crippen molar-refractivity contribution in [2.45, 2.75) is 38.1 Å². The summed E-state index contributed by atoms with van der Waals surface area (Å²) in [6.07, 6.45) is 6.05. The van der Waals surface area contributed by atoms with Crippen LogP contribution in [0.5, 0.6) is 0 Å². The molecule has 1 fully saturated rings. The maximum absolute atomic E-state index is 10.8. The summed E-state index contributed by atoms with van der Waals surface area (Å²) in [4.78, 5) is 5.71. The van der Waals surface area contributed by atoms with Crippen molar-refractivity contribution >= 4 is 39.9 Å². The van der Waals surface area contributed by atoms with Crippen molar-refractivity contribution in [3.63, 3.8) is 0 Å². The Bertz CT molecular complexity index is 812. The number of hydrogen-bond acceptors (Lipinski definition) is 5. The lowest BCUT2D eigenvalue weighted by Crippen LogP contribution is -2.18. The van der Waals surface area contributed by atoms with Gasteiger partial charge in [-0.2, -0.15) is 5.10 Å². The van der Waals surface area contributed by atoms with E-state index in [4.69, 9.17) is 16.6 Å². The molecule has 0 radical (unpaired) electrons. The standard InChI is InChI=1S/C15H19ClN4O2S2/c1-20-15(17-11-5-3-2-4-6-11)23-14(18-20)10-7-8-12(16)13(9-10)19-24(21)22/h7-9,11,19H,2-6H2,1H3,(H,21,22)/p-1.